The highest BCUT2D eigenvalue weighted by Gasteiger charge is 2.71. The molecular formula is C107H152O24P4S8. The summed E-state index contributed by atoms with van der Waals surface area (Å²) in [5.74, 6) is -0.193. The summed E-state index contributed by atoms with van der Waals surface area (Å²) in [6, 6.07) is 28.9. The van der Waals surface area contributed by atoms with Crippen LogP contribution in [-0.2, 0) is 115 Å². The van der Waals surface area contributed by atoms with Crippen molar-refractivity contribution in [2.24, 2.45) is 23.7 Å². The van der Waals surface area contributed by atoms with E-state index in [2.05, 4.69) is 49.6 Å². The van der Waals surface area contributed by atoms with Gasteiger partial charge in [-0.3, -0.25) is 18.3 Å². The molecule has 5 fully saturated rings. The minimum atomic E-state index is -3.67. The molecule has 4 aromatic carbocycles. The molecule has 0 N–H and O–H groups in total. The molecule has 143 heavy (non-hydrogen) atoms. The summed E-state index contributed by atoms with van der Waals surface area (Å²) in [5, 5.41) is 0. The fourth-order valence-electron chi connectivity index (χ4n) is 19.9. The number of hydrogen-bond donors (Lipinski definition) is 0. The second-order valence-corrected chi connectivity index (χ2v) is 60.9. The van der Waals surface area contributed by atoms with Crippen LogP contribution in [0.1, 0.15) is 306 Å². The highest BCUT2D eigenvalue weighted by molar-refractivity contribution is 8.27. The molecule has 0 aromatic heterocycles. The predicted octanol–water partition coefficient (Wildman–Crippen LogP) is 30.2. The molecule has 6 bridgehead atoms. The van der Waals surface area contributed by atoms with E-state index in [0.29, 0.717) is 45.3 Å². The van der Waals surface area contributed by atoms with Crippen LogP contribution in [0, 0.1) is 23.7 Å². The zero-order valence-electron chi connectivity index (χ0n) is 85.3. The molecule has 4 heterocycles. The number of rotatable bonds is 71. The summed E-state index contributed by atoms with van der Waals surface area (Å²) >= 11 is 13.5. The van der Waals surface area contributed by atoms with E-state index in [-0.39, 0.29) is 142 Å². The molecule has 36 heteroatoms. The highest BCUT2D eigenvalue weighted by Crippen LogP contribution is 2.85. The van der Waals surface area contributed by atoms with E-state index in [1.807, 2.05) is 116 Å². The summed E-state index contributed by atoms with van der Waals surface area (Å²) in [6.07, 6.45) is 42.5. The van der Waals surface area contributed by atoms with Crippen molar-refractivity contribution in [2.45, 2.75) is 295 Å². The Morgan fingerprint density at radius 2 is 0.657 bits per heavy atom. The Labute approximate surface area is 884 Å². The van der Waals surface area contributed by atoms with Crippen molar-refractivity contribution >= 4 is 160 Å². The molecule has 1 saturated carbocycles. The third kappa shape index (κ3) is 30.9. The molecule has 792 valence electrons. The third-order valence-corrected chi connectivity index (χ3v) is 57.3. The topological polar surface area (TPSA) is 300 Å². The number of hydrogen-bond acceptors (Lipinski definition) is 32. The van der Waals surface area contributed by atoms with Gasteiger partial charge in [0.2, 0.25) is 0 Å². The molecule has 24 nitrogen and oxygen atoms in total. The number of carbonyl (C=O) groups is 6. The molecule has 4 saturated heterocycles. The number of allylic oxidation sites excluding steroid dienone is 4. The standard InChI is InChI=1S/C107H152O24P4S8/c1-13-124-132(114,125-14-2)104(137-77-83-41-49-87(50-42-83)97(110)120-69-67-118-95(108)81(9)10)91(60-73-136-104)40-36-32-28-24-22-21-23-25-29-33-37-61-101-64-57-92(74-101)105(141-101,133(115,126-15-3)127-16-4)139-79-85-45-53-89(54-46-85)99(112)122-71-72-123-100(113)90-55-47-86(48-56-90)80-140-107(135(117,130-19-7)131-20-8)94-59-66-103(76-94,143-107)63-39-35-31-27-26-30-34-38-62-102-65-58-93(75-102)106(142-102,134(116,128-17-5)129-18-6)138-78-84-43-51-88(52-44-84)98(111)121-70-68-119-96(109)82(11)12/h36,40-57,59,64,66,91-94H,9,11,13-35,37-39,58,60-63,65,67-80H2,1-8,10,12H3/b40-36-. The maximum atomic E-state index is 15.2. The normalized spacial score (nSPS) is 24.2. The molecule has 0 radical (unpaired) electrons. The molecule has 0 amide bonds. The largest absolute Gasteiger partial charge is 0.459 e. The third-order valence-electron chi connectivity index (χ3n) is 26.8. The predicted molar refractivity (Wildman–Crippen MR) is 587 cm³/mol. The van der Waals surface area contributed by atoms with Crippen molar-refractivity contribution in [3.8, 4) is 0 Å². The van der Waals surface area contributed by atoms with Gasteiger partial charge in [-0.15, -0.1) is 94.1 Å². The van der Waals surface area contributed by atoms with E-state index in [4.69, 9.17) is 64.6 Å². The van der Waals surface area contributed by atoms with Crippen molar-refractivity contribution in [3.05, 3.63) is 202 Å². The van der Waals surface area contributed by atoms with Crippen molar-refractivity contribution in [1.82, 2.24) is 0 Å². The molecule has 4 aliphatic heterocycles. The van der Waals surface area contributed by atoms with Gasteiger partial charge in [0, 0.05) is 66.2 Å². The second kappa shape index (κ2) is 57.5. The van der Waals surface area contributed by atoms with Crippen LogP contribution in [0.4, 0.5) is 0 Å². The number of fused-ring (bicyclic) bond motifs is 6. The van der Waals surface area contributed by atoms with E-state index >= 15 is 13.7 Å². The molecule has 4 aromatic rings. The average molecular weight is 2200 g/mol. The van der Waals surface area contributed by atoms with Gasteiger partial charge in [-0.2, -0.15) is 0 Å². The van der Waals surface area contributed by atoms with Crippen LogP contribution in [0.3, 0.4) is 0 Å². The van der Waals surface area contributed by atoms with Gasteiger partial charge >= 0.3 is 66.2 Å². The smallest absolute Gasteiger partial charge is 0.357 e. The Kier molecular flexibility index (Phi) is 47.9. The molecule has 11 atom stereocenters. The molecule has 11 unspecified atom stereocenters. The minimum absolute atomic E-state index is 0.00451. The lowest BCUT2D eigenvalue weighted by molar-refractivity contribution is -0.140. The van der Waals surface area contributed by atoms with E-state index in [1.54, 1.807) is 145 Å². The first-order valence-electron chi connectivity index (χ1n) is 51.5. The quantitative estimate of drug-likeness (QED) is 0.00990. The van der Waals surface area contributed by atoms with Gasteiger partial charge in [-0.1, -0.05) is 201 Å². The fraction of sp³-hybridized carbons (Fsp3) is 0.626. The Morgan fingerprint density at radius 3 is 0.993 bits per heavy atom. The molecule has 0 spiro atoms. The van der Waals surface area contributed by atoms with Gasteiger partial charge in [-0.25, -0.2) is 28.8 Å². The van der Waals surface area contributed by atoms with Gasteiger partial charge in [-0.05, 0) is 222 Å². The molecular weight excluding hydrogens is 2050 g/mol. The van der Waals surface area contributed by atoms with Gasteiger partial charge in [0.25, 0.3) is 0 Å². The number of ether oxygens (including phenoxy) is 6. The van der Waals surface area contributed by atoms with Crippen LogP contribution in [-0.4, -0.2) is 164 Å². The van der Waals surface area contributed by atoms with Gasteiger partial charge < -0.3 is 64.6 Å². The van der Waals surface area contributed by atoms with E-state index in [1.165, 1.54) is 32.1 Å². The van der Waals surface area contributed by atoms with Crippen LogP contribution < -0.4 is 0 Å². The summed E-state index contributed by atoms with van der Waals surface area (Å²) in [7, 11) is -14.5. The lowest BCUT2D eigenvalue weighted by Crippen LogP contribution is -2.32. The number of thioether (sulfide) groups is 8. The van der Waals surface area contributed by atoms with Gasteiger partial charge in [0.15, 0.2) is 15.3 Å². The summed E-state index contributed by atoms with van der Waals surface area (Å²) in [6.45, 7) is 26.7. The Bertz CT molecular complexity index is 5090. The van der Waals surface area contributed by atoms with Crippen LogP contribution in [0.5, 0.6) is 0 Å². The number of benzene rings is 4. The van der Waals surface area contributed by atoms with Crippen molar-refractivity contribution < 1.29 is 112 Å². The van der Waals surface area contributed by atoms with Crippen molar-refractivity contribution in [2.75, 3.05) is 98.2 Å². The summed E-state index contributed by atoms with van der Waals surface area (Å²) < 4.78 is 138. The van der Waals surface area contributed by atoms with Crippen molar-refractivity contribution in [3.63, 3.8) is 0 Å². The van der Waals surface area contributed by atoms with Crippen LogP contribution in [0.25, 0.3) is 0 Å². The summed E-state index contributed by atoms with van der Waals surface area (Å²) in [4.78, 5) is 75.8. The van der Waals surface area contributed by atoms with Crippen LogP contribution >= 0.6 is 124 Å². The Hall–Kier alpha value is -4.20. The monoisotopic (exact) mass is 2200 g/mol. The first kappa shape index (κ1) is 119. The van der Waals surface area contributed by atoms with E-state index in [9.17, 15) is 33.3 Å². The zero-order valence-corrected chi connectivity index (χ0v) is 95.4. The molecule has 3 aliphatic carbocycles. The number of esters is 6. The van der Waals surface area contributed by atoms with Gasteiger partial charge in [0.05, 0.1) is 75.1 Å². The lowest BCUT2D eigenvalue weighted by Gasteiger charge is -2.43. The second-order valence-electron chi connectivity index (χ2n) is 37.3. The molecule has 7 aliphatic rings. The first-order valence-corrected chi connectivity index (χ1v) is 65.0. The Balaban J connectivity index is 0.565. The Morgan fingerprint density at radius 1 is 0.364 bits per heavy atom. The van der Waals surface area contributed by atoms with E-state index in [0.717, 1.165) is 169 Å². The molecule has 11 rings (SSSR count). The van der Waals surface area contributed by atoms with Crippen LogP contribution in [0.2, 0.25) is 0 Å². The first-order chi connectivity index (χ1) is 68.9. The van der Waals surface area contributed by atoms with Crippen LogP contribution in [0.15, 0.2) is 158 Å². The van der Waals surface area contributed by atoms with Gasteiger partial charge in [0.1, 0.15) is 39.6 Å². The number of unbranched alkanes of at least 4 members (excludes halogenated alkanes) is 16. The zero-order chi connectivity index (χ0) is 103. The highest BCUT2D eigenvalue weighted by atomic mass is 32.2. The maximum Gasteiger partial charge on any atom is 0.357 e. The number of carbonyl (C=O) groups excluding carboxylic acids is 6. The summed E-state index contributed by atoms with van der Waals surface area (Å²) in [5.41, 5.74) is 5.83. The minimum Gasteiger partial charge on any atom is -0.459 e. The van der Waals surface area contributed by atoms with Crippen molar-refractivity contribution in [1.29, 1.82) is 0 Å². The lowest BCUT2D eigenvalue weighted by atomic mass is 9.96. The van der Waals surface area contributed by atoms with E-state index < -0.39 is 81.5 Å². The maximum absolute atomic E-state index is 15.2. The average Bonchev–Trinajstić information content (AvgIpc) is 1.56. The fourth-order valence-corrected chi connectivity index (χ4v) is 49.8. The SMILES string of the molecule is C=C(C)C(=O)OCCOC(=O)c1ccc(CSC2(P(=O)(OCC)OCC)SCCC2/C=C\CCCCCCCCCCCC23C=CC(C2)C(SCc2ccc(C(=O)OCCOC(=O)c4ccc(CSC5(P(=O)(OCC)OCC)SC6(CCCCCCCCCCC78CCC(C7)C(SCc7ccc(C(=O)OCCOC(=O)C(=C)C)cc7)(P(=O)(OCC)OCC)S8)C=CC5C6)cc4)cc2)(P(=O)(OCC)OCC)S3)cc1.